The fourth-order valence-corrected chi connectivity index (χ4v) is 2.05. The first-order chi connectivity index (χ1) is 11.1. The van der Waals surface area contributed by atoms with E-state index >= 15 is 0 Å². The second-order valence-electron chi connectivity index (χ2n) is 3.85. The summed E-state index contributed by atoms with van der Waals surface area (Å²) in [5.41, 5.74) is 2.61. The first-order valence-electron chi connectivity index (χ1n) is 8.36. The van der Waals surface area contributed by atoms with Crippen molar-refractivity contribution in [1.82, 2.24) is 4.90 Å². The number of likely N-dealkylation sites (N-methyl/N-ethyl adjacent to an activating group) is 1. The van der Waals surface area contributed by atoms with E-state index < -0.39 is 0 Å². The van der Waals surface area contributed by atoms with Crippen molar-refractivity contribution in [3.05, 3.63) is 47.5 Å². The van der Waals surface area contributed by atoms with Gasteiger partial charge in [0.15, 0.2) is 0 Å². The van der Waals surface area contributed by atoms with Crippen LogP contribution in [-0.2, 0) is 4.79 Å². The molecule has 128 valence electrons. The van der Waals surface area contributed by atoms with Crippen molar-refractivity contribution in [1.29, 1.82) is 0 Å². The Morgan fingerprint density at radius 1 is 0.957 bits per heavy atom. The minimum Gasteiger partial charge on any atom is -0.277 e. The average molecular weight is 317 g/mol. The van der Waals surface area contributed by atoms with Crippen LogP contribution >= 0.6 is 0 Å². The van der Waals surface area contributed by atoms with Crippen molar-refractivity contribution in [2.45, 2.75) is 48.5 Å². The van der Waals surface area contributed by atoms with E-state index in [9.17, 15) is 9.59 Å². The van der Waals surface area contributed by atoms with Gasteiger partial charge in [-0.2, -0.15) is 0 Å². The Morgan fingerprint density at radius 2 is 1.48 bits per heavy atom. The maximum absolute atomic E-state index is 12.0. The molecule has 0 N–H and O–H groups in total. The smallest absolute Gasteiger partial charge is 0.261 e. The molecule has 1 aliphatic heterocycles. The third-order valence-electron chi connectivity index (χ3n) is 2.94. The fourth-order valence-electron chi connectivity index (χ4n) is 2.05. The summed E-state index contributed by atoms with van der Waals surface area (Å²) in [5.74, 6) is -0.529. The minimum absolute atomic E-state index is 0.265. The van der Waals surface area contributed by atoms with Crippen molar-refractivity contribution in [2.75, 3.05) is 7.05 Å². The Labute approximate surface area is 141 Å². The Kier molecular flexibility index (Phi) is 12.5. The van der Waals surface area contributed by atoms with Gasteiger partial charge in [0, 0.05) is 23.7 Å². The van der Waals surface area contributed by atoms with Crippen molar-refractivity contribution in [3.63, 3.8) is 0 Å². The highest BCUT2D eigenvalue weighted by Crippen LogP contribution is 2.31. The quantitative estimate of drug-likeness (QED) is 0.512. The van der Waals surface area contributed by atoms with Crippen LogP contribution in [0.4, 0.5) is 0 Å². The van der Waals surface area contributed by atoms with Crippen LogP contribution in [0.1, 0.15) is 70.0 Å². The topological polar surface area (TPSA) is 37.4 Å². The molecule has 0 unspecified atom stereocenters. The first-order valence-corrected chi connectivity index (χ1v) is 8.36. The van der Waals surface area contributed by atoms with Crippen LogP contribution < -0.4 is 0 Å². The number of hydrogen-bond donors (Lipinski definition) is 0. The number of amides is 2. The lowest BCUT2D eigenvalue weighted by molar-refractivity contribution is -0.121. The van der Waals surface area contributed by atoms with Crippen molar-refractivity contribution in [3.8, 4) is 0 Å². The Balaban J connectivity index is 0. The molecule has 1 aliphatic rings. The van der Waals surface area contributed by atoms with Gasteiger partial charge in [-0.3, -0.25) is 14.5 Å². The molecule has 0 atom stereocenters. The van der Waals surface area contributed by atoms with Crippen LogP contribution in [-0.4, -0.2) is 23.8 Å². The molecule has 0 saturated carbocycles. The van der Waals surface area contributed by atoms with E-state index in [1.54, 1.807) is 31.2 Å². The van der Waals surface area contributed by atoms with Crippen molar-refractivity contribution in [2.24, 2.45) is 0 Å². The van der Waals surface area contributed by atoms with Crippen LogP contribution in [0.15, 0.2) is 30.9 Å². The summed E-state index contributed by atoms with van der Waals surface area (Å²) >= 11 is 0. The van der Waals surface area contributed by atoms with Crippen molar-refractivity contribution < 1.29 is 9.59 Å². The van der Waals surface area contributed by atoms with E-state index in [1.165, 1.54) is 7.05 Å². The SMILES string of the molecule is C=Cc1cccc2c1/C(=C\C)C(=O)N(C)C2=O.CC.CC.CC. The molecule has 3 heteroatoms. The van der Waals surface area contributed by atoms with Gasteiger partial charge >= 0.3 is 0 Å². The van der Waals surface area contributed by atoms with Gasteiger partial charge in [0.2, 0.25) is 0 Å². The Bertz CT molecular complexity index is 557. The molecule has 23 heavy (non-hydrogen) atoms. The predicted octanol–water partition coefficient (Wildman–Crippen LogP) is 5.42. The van der Waals surface area contributed by atoms with Crippen LogP contribution in [0.5, 0.6) is 0 Å². The second-order valence-corrected chi connectivity index (χ2v) is 3.85. The summed E-state index contributed by atoms with van der Waals surface area (Å²) in [5, 5.41) is 0. The molecule has 0 saturated heterocycles. The van der Waals surface area contributed by atoms with Gasteiger partial charge in [0.25, 0.3) is 11.8 Å². The maximum atomic E-state index is 12.0. The number of nitrogens with zero attached hydrogens (tertiary/aromatic N) is 1. The van der Waals surface area contributed by atoms with Gasteiger partial charge in [-0.05, 0) is 18.6 Å². The fraction of sp³-hybridized carbons (Fsp3) is 0.400. The number of benzene rings is 1. The van der Waals surface area contributed by atoms with Gasteiger partial charge in [-0.1, -0.05) is 72.4 Å². The standard InChI is InChI=1S/C14H13NO2.3C2H6/c1-4-9-7-6-8-11-12(9)10(5-2)13(16)15(3)14(11)17;3*1-2/h4-8H,1H2,2-3H3;3*1-2H3/b10-5+;;;. The lowest BCUT2D eigenvalue weighted by Gasteiger charge is -2.26. The predicted molar refractivity (Wildman–Crippen MR) is 101 cm³/mol. The molecule has 0 aliphatic carbocycles. The van der Waals surface area contributed by atoms with Crippen LogP contribution in [0.3, 0.4) is 0 Å². The molecule has 0 bridgehead atoms. The second kappa shape index (κ2) is 12.4. The van der Waals surface area contributed by atoms with Crippen molar-refractivity contribution >= 4 is 23.5 Å². The highest BCUT2D eigenvalue weighted by molar-refractivity contribution is 6.31. The largest absolute Gasteiger partial charge is 0.277 e. The highest BCUT2D eigenvalue weighted by Gasteiger charge is 2.32. The Hall–Kier alpha value is -2.16. The lowest BCUT2D eigenvalue weighted by Crippen LogP contribution is -2.38. The van der Waals surface area contributed by atoms with Gasteiger partial charge in [0.05, 0.1) is 0 Å². The van der Waals surface area contributed by atoms with E-state index in [0.717, 1.165) is 10.5 Å². The molecule has 0 aromatic heterocycles. The molecule has 1 aromatic carbocycles. The van der Waals surface area contributed by atoms with Gasteiger partial charge in [0.1, 0.15) is 0 Å². The molecule has 0 radical (unpaired) electrons. The highest BCUT2D eigenvalue weighted by atomic mass is 16.2. The third kappa shape index (κ3) is 4.92. The first kappa shape index (κ1) is 23.1. The maximum Gasteiger partial charge on any atom is 0.261 e. The molecule has 1 heterocycles. The molecular weight excluding hydrogens is 286 g/mol. The van der Waals surface area contributed by atoms with Gasteiger partial charge in [-0.15, -0.1) is 0 Å². The molecule has 3 nitrogen and oxygen atoms in total. The van der Waals surface area contributed by atoms with Crippen LogP contribution in [0.2, 0.25) is 0 Å². The van der Waals surface area contributed by atoms with E-state index in [2.05, 4.69) is 6.58 Å². The molecule has 1 aromatic rings. The van der Waals surface area contributed by atoms with Gasteiger partial charge < -0.3 is 0 Å². The van der Waals surface area contributed by atoms with Crippen LogP contribution in [0, 0.1) is 0 Å². The lowest BCUT2D eigenvalue weighted by atomic mass is 9.89. The zero-order valence-electron chi connectivity index (χ0n) is 15.9. The summed E-state index contributed by atoms with van der Waals surface area (Å²) in [7, 11) is 1.50. The van der Waals surface area contributed by atoms with Crippen LogP contribution in [0.25, 0.3) is 11.6 Å². The number of allylic oxidation sites excluding steroid dienone is 1. The summed E-state index contributed by atoms with van der Waals surface area (Å²) in [6.45, 7) is 17.5. The zero-order chi connectivity index (χ0) is 18.6. The Morgan fingerprint density at radius 3 is 1.91 bits per heavy atom. The summed E-state index contributed by atoms with van der Waals surface area (Å²) in [4.78, 5) is 25.1. The number of imide groups is 1. The average Bonchev–Trinajstić information content (AvgIpc) is 2.65. The number of hydrogen-bond acceptors (Lipinski definition) is 2. The molecule has 2 rings (SSSR count). The summed E-state index contributed by atoms with van der Waals surface area (Å²) in [6.07, 6.45) is 3.39. The minimum atomic E-state index is -0.265. The van der Waals surface area contributed by atoms with E-state index in [-0.39, 0.29) is 11.8 Å². The van der Waals surface area contributed by atoms with E-state index in [0.29, 0.717) is 16.7 Å². The van der Waals surface area contributed by atoms with E-state index in [1.807, 2.05) is 47.6 Å². The number of carbonyl (C=O) groups is 2. The molecule has 0 fully saturated rings. The summed E-state index contributed by atoms with van der Waals surface area (Å²) in [6, 6.07) is 5.38. The molecule has 2 amide bonds. The van der Waals surface area contributed by atoms with Gasteiger partial charge in [-0.25, -0.2) is 0 Å². The van der Waals surface area contributed by atoms with E-state index in [4.69, 9.17) is 0 Å². The zero-order valence-corrected chi connectivity index (χ0v) is 15.9. The monoisotopic (exact) mass is 317 g/mol. The molecule has 0 spiro atoms. The third-order valence-corrected chi connectivity index (χ3v) is 2.94. The summed E-state index contributed by atoms with van der Waals surface area (Å²) < 4.78 is 0. The number of fused-ring (bicyclic) bond motifs is 1. The number of rotatable bonds is 1. The normalized spacial score (nSPS) is 13.6. The molecular formula is C20H31NO2. The number of carbonyl (C=O) groups excluding carboxylic acids is 2.